The van der Waals surface area contributed by atoms with Gasteiger partial charge in [0.1, 0.15) is 5.76 Å². The predicted molar refractivity (Wildman–Crippen MR) is 67.4 cm³/mol. The number of nitrogens with two attached hydrogens (primary N) is 1. The largest absolute Gasteiger partial charge is 0.447 e. The highest BCUT2D eigenvalue weighted by Gasteiger charge is 2.23. The minimum atomic E-state index is -3.55. The van der Waals surface area contributed by atoms with Crippen molar-refractivity contribution in [2.45, 2.75) is 18.1 Å². The first-order chi connectivity index (χ1) is 8.51. The van der Waals surface area contributed by atoms with Gasteiger partial charge in [0, 0.05) is 13.1 Å². The van der Waals surface area contributed by atoms with Crippen LogP contribution in [0, 0.1) is 5.92 Å². The van der Waals surface area contributed by atoms with E-state index in [2.05, 4.69) is 9.62 Å². The Labute approximate surface area is 107 Å². The van der Waals surface area contributed by atoms with Crippen molar-refractivity contribution in [3.05, 3.63) is 17.9 Å². The number of hydrogen-bond acceptors (Lipinski definition) is 5. The molecule has 1 atom stereocenters. The maximum absolute atomic E-state index is 11.9. The molecule has 0 radical (unpaired) electrons. The van der Waals surface area contributed by atoms with Gasteiger partial charge in [-0.05, 0) is 38.1 Å². The molecular formula is C11H19N3O3S. The van der Waals surface area contributed by atoms with E-state index in [0.29, 0.717) is 18.2 Å². The zero-order chi connectivity index (χ0) is 13.2. The van der Waals surface area contributed by atoms with Crippen LogP contribution in [0.1, 0.15) is 12.2 Å². The Morgan fingerprint density at radius 1 is 1.56 bits per heavy atom. The first-order valence-corrected chi connectivity index (χ1v) is 7.46. The van der Waals surface area contributed by atoms with E-state index in [9.17, 15) is 8.42 Å². The monoisotopic (exact) mass is 273 g/mol. The van der Waals surface area contributed by atoms with Crippen LogP contribution < -0.4 is 10.5 Å². The van der Waals surface area contributed by atoms with E-state index in [1.54, 1.807) is 6.07 Å². The summed E-state index contributed by atoms with van der Waals surface area (Å²) in [6.45, 7) is 2.59. The molecule has 0 bridgehead atoms. The topological polar surface area (TPSA) is 88.6 Å². The van der Waals surface area contributed by atoms with Crippen LogP contribution in [0.15, 0.2) is 21.6 Å². The molecule has 0 saturated carbocycles. The molecule has 0 aromatic carbocycles. The predicted octanol–water partition coefficient (Wildman–Crippen LogP) is -0.0317. The van der Waals surface area contributed by atoms with Gasteiger partial charge >= 0.3 is 0 Å². The summed E-state index contributed by atoms with van der Waals surface area (Å²) in [5.41, 5.74) is 5.38. The summed E-state index contributed by atoms with van der Waals surface area (Å²) in [7, 11) is -1.51. The molecule has 1 aliphatic heterocycles. The van der Waals surface area contributed by atoms with Gasteiger partial charge in [0.15, 0.2) is 0 Å². The van der Waals surface area contributed by atoms with Crippen LogP contribution in [0.25, 0.3) is 0 Å². The van der Waals surface area contributed by atoms with Gasteiger partial charge in [-0.1, -0.05) is 0 Å². The van der Waals surface area contributed by atoms with E-state index >= 15 is 0 Å². The van der Waals surface area contributed by atoms with Gasteiger partial charge in [0.2, 0.25) is 5.09 Å². The standard InChI is InChI=1S/C11H19N3O3S/c1-14-5-4-9(8-14)7-13-18(15,16)11-3-2-10(6-12)17-11/h2-3,9,13H,4-8,12H2,1H3. The second kappa shape index (κ2) is 5.40. The second-order valence-electron chi connectivity index (χ2n) is 4.69. The van der Waals surface area contributed by atoms with Crippen LogP contribution in [-0.4, -0.2) is 40.0 Å². The van der Waals surface area contributed by atoms with Crippen molar-refractivity contribution in [1.82, 2.24) is 9.62 Å². The van der Waals surface area contributed by atoms with Crippen molar-refractivity contribution >= 4 is 10.0 Å². The quantitative estimate of drug-likeness (QED) is 0.786. The first-order valence-electron chi connectivity index (χ1n) is 5.98. The fourth-order valence-electron chi connectivity index (χ4n) is 2.10. The van der Waals surface area contributed by atoms with Crippen molar-refractivity contribution < 1.29 is 12.8 Å². The second-order valence-corrected chi connectivity index (χ2v) is 6.39. The lowest BCUT2D eigenvalue weighted by Gasteiger charge is -2.10. The van der Waals surface area contributed by atoms with Crippen LogP contribution in [-0.2, 0) is 16.6 Å². The third-order valence-corrected chi connectivity index (χ3v) is 4.45. The van der Waals surface area contributed by atoms with Crippen molar-refractivity contribution in [3.63, 3.8) is 0 Å². The molecule has 0 aliphatic carbocycles. The molecular weight excluding hydrogens is 254 g/mol. The Hall–Kier alpha value is -0.890. The molecule has 7 heteroatoms. The van der Waals surface area contributed by atoms with E-state index < -0.39 is 10.0 Å². The van der Waals surface area contributed by atoms with Crippen LogP contribution in [0.4, 0.5) is 0 Å². The van der Waals surface area contributed by atoms with E-state index in [4.69, 9.17) is 10.2 Å². The number of nitrogens with zero attached hydrogens (tertiary/aromatic N) is 1. The molecule has 3 N–H and O–H groups in total. The highest BCUT2D eigenvalue weighted by molar-refractivity contribution is 7.89. The van der Waals surface area contributed by atoms with Crippen LogP contribution >= 0.6 is 0 Å². The van der Waals surface area contributed by atoms with Gasteiger partial charge in [0.25, 0.3) is 10.0 Å². The number of furan rings is 1. The lowest BCUT2D eigenvalue weighted by Crippen LogP contribution is -2.30. The molecule has 0 spiro atoms. The van der Waals surface area contributed by atoms with Gasteiger partial charge in [-0.15, -0.1) is 0 Å². The zero-order valence-corrected chi connectivity index (χ0v) is 11.2. The molecule has 2 rings (SSSR count). The van der Waals surface area contributed by atoms with Gasteiger partial charge < -0.3 is 15.1 Å². The lowest BCUT2D eigenvalue weighted by atomic mass is 10.1. The molecule has 0 amide bonds. The number of likely N-dealkylation sites (tertiary alicyclic amines) is 1. The SMILES string of the molecule is CN1CCC(CNS(=O)(=O)c2ccc(CN)o2)C1. The minimum Gasteiger partial charge on any atom is -0.447 e. The fourth-order valence-corrected chi connectivity index (χ4v) is 3.17. The van der Waals surface area contributed by atoms with Crippen molar-refractivity contribution in [2.75, 3.05) is 26.7 Å². The van der Waals surface area contributed by atoms with E-state index in [1.807, 2.05) is 7.05 Å². The third kappa shape index (κ3) is 3.11. The summed E-state index contributed by atoms with van der Waals surface area (Å²) in [4.78, 5) is 2.19. The molecule has 1 aromatic heterocycles. The van der Waals surface area contributed by atoms with Crippen LogP contribution in [0.2, 0.25) is 0 Å². The van der Waals surface area contributed by atoms with Gasteiger partial charge in [0.05, 0.1) is 6.54 Å². The first kappa shape index (κ1) is 13.5. The smallest absolute Gasteiger partial charge is 0.273 e. The maximum Gasteiger partial charge on any atom is 0.273 e. The fraction of sp³-hybridized carbons (Fsp3) is 0.636. The molecule has 1 saturated heterocycles. The summed E-state index contributed by atoms with van der Waals surface area (Å²) in [5.74, 6) is 0.838. The minimum absolute atomic E-state index is 0.0608. The average molecular weight is 273 g/mol. The highest BCUT2D eigenvalue weighted by atomic mass is 32.2. The number of nitrogens with one attached hydrogen (secondary N) is 1. The molecule has 2 heterocycles. The van der Waals surface area contributed by atoms with Crippen molar-refractivity contribution in [3.8, 4) is 0 Å². The Balaban J connectivity index is 1.95. The van der Waals surface area contributed by atoms with Gasteiger partial charge in [-0.3, -0.25) is 0 Å². The molecule has 1 aliphatic rings. The van der Waals surface area contributed by atoms with Crippen molar-refractivity contribution in [1.29, 1.82) is 0 Å². The van der Waals surface area contributed by atoms with E-state index in [0.717, 1.165) is 19.5 Å². The lowest BCUT2D eigenvalue weighted by molar-refractivity contribution is 0.391. The van der Waals surface area contributed by atoms with E-state index in [1.165, 1.54) is 6.07 Å². The Kier molecular flexibility index (Phi) is 4.06. The number of sulfonamides is 1. The molecule has 18 heavy (non-hydrogen) atoms. The number of hydrogen-bond donors (Lipinski definition) is 2. The van der Waals surface area contributed by atoms with Gasteiger partial charge in [-0.2, -0.15) is 0 Å². The molecule has 1 aromatic rings. The van der Waals surface area contributed by atoms with Crippen LogP contribution in [0.5, 0.6) is 0 Å². The number of rotatable bonds is 5. The summed E-state index contributed by atoms with van der Waals surface area (Å²) in [6, 6.07) is 3.02. The normalized spacial score (nSPS) is 21.6. The zero-order valence-electron chi connectivity index (χ0n) is 10.4. The van der Waals surface area contributed by atoms with Crippen molar-refractivity contribution in [2.24, 2.45) is 11.7 Å². The molecule has 1 fully saturated rings. The maximum atomic E-state index is 11.9. The average Bonchev–Trinajstić information content (AvgIpc) is 2.95. The summed E-state index contributed by atoms with van der Waals surface area (Å²) in [5, 5.41) is -0.0608. The third-order valence-electron chi connectivity index (χ3n) is 3.15. The van der Waals surface area contributed by atoms with E-state index in [-0.39, 0.29) is 11.6 Å². The molecule has 1 unspecified atom stereocenters. The Morgan fingerprint density at radius 3 is 2.89 bits per heavy atom. The van der Waals surface area contributed by atoms with Crippen LogP contribution in [0.3, 0.4) is 0 Å². The summed E-state index contributed by atoms with van der Waals surface area (Å²) >= 11 is 0. The highest BCUT2D eigenvalue weighted by Crippen LogP contribution is 2.16. The Morgan fingerprint density at radius 2 is 2.33 bits per heavy atom. The summed E-state index contributed by atoms with van der Waals surface area (Å²) < 4.78 is 31.6. The molecule has 6 nitrogen and oxygen atoms in total. The van der Waals surface area contributed by atoms with Gasteiger partial charge in [-0.25, -0.2) is 13.1 Å². The Bertz CT molecular complexity index is 497. The summed E-state index contributed by atoms with van der Waals surface area (Å²) in [6.07, 6.45) is 1.02. The molecule has 102 valence electrons.